The summed E-state index contributed by atoms with van der Waals surface area (Å²) in [6, 6.07) is 0. The molecule has 0 aromatic rings. The van der Waals surface area contributed by atoms with Crippen LogP contribution in [0.3, 0.4) is 0 Å². The molecule has 3 heteroatoms. The highest BCUT2D eigenvalue weighted by molar-refractivity contribution is 5.67. The first-order chi connectivity index (χ1) is 13.2. The van der Waals surface area contributed by atoms with Gasteiger partial charge in [-0.15, -0.1) is 0 Å². The fraction of sp³-hybridized carbons (Fsp3) is 0.958. The van der Waals surface area contributed by atoms with Crippen LogP contribution in [-0.4, -0.2) is 23.8 Å². The molecule has 0 fully saturated rings. The van der Waals surface area contributed by atoms with E-state index < -0.39 is 5.97 Å². The molecule has 0 radical (unpaired) electrons. The first-order valence-corrected chi connectivity index (χ1v) is 12.0. The third-order valence-electron chi connectivity index (χ3n) is 5.38. The molecule has 0 amide bonds. The minimum atomic E-state index is -0.730. The molecule has 27 heavy (non-hydrogen) atoms. The normalized spacial score (nSPS) is 12.4. The number of aliphatic carboxylic acids is 1. The van der Waals surface area contributed by atoms with Crippen LogP contribution in [0.2, 0.25) is 0 Å². The van der Waals surface area contributed by atoms with Crippen molar-refractivity contribution in [2.45, 2.75) is 142 Å². The highest BCUT2D eigenvalue weighted by atomic mass is 16.5. The average molecular weight is 385 g/mol. The van der Waals surface area contributed by atoms with E-state index in [4.69, 9.17) is 9.84 Å². The summed E-state index contributed by atoms with van der Waals surface area (Å²) in [5.74, 6) is -0.730. The van der Waals surface area contributed by atoms with Gasteiger partial charge in [-0.3, -0.25) is 4.79 Å². The summed E-state index contributed by atoms with van der Waals surface area (Å²) in [6.45, 7) is 5.23. The molecule has 0 saturated heterocycles. The summed E-state index contributed by atoms with van der Waals surface area (Å²) >= 11 is 0. The average Bonchev–Trinajstić information content (AvgIpc) is 2.64. The second-order valence-electron chi connectivity index (χ2n) is 8.18. The van der Waals surface area contributed by atoms with Gasteiger partial charge in [0.25, 0.3) is 0 Å². The number of carbonyl (C=O) groups is 1. The Balaban J connectivity index is 3.58. The van der Waals surface area contributed by atoms with Crippen molar-refractivity contribution in [3.05, 3.63) is 0 Å². The molecule has 1 atom stereocenters. The smallest absolute Gasteiger partial charge is 0.305 e. The Morgan fingerprint density at radius 2 is 1.07 bits per heavy atom. The zero-order valence-electron chi connectivity index (χ0n) is 18.5. The van der Waals surface area contributed by atoms with Gasteiger partial charge >= 0.3 is 5.97 Å². The fourth-order valence-electron chi connectivity index (χ4n) is 3.61. The summed E-state index contributed by atoms with van der Waals surface area (Å²) in [5.41, 5.74) is 0. The van der Waals surface area contributed by atoms with Gasteiger partial charge in [-0.1, -0.05) is 117 Å². The lowest BCUT2D eigenvalue weighted by molar-refractivity contribution is -0.140. The minimum absolute atomic E-state index is 0.0865. The van der Waals surface area contributed by atoms with E-state index in [1.807, 2.05) is 0 Å². The van der Waals surface area contributed by atoms with Crippen LogP contribution in [0.5, 0.6) is 0 Å². The van der Waals surface area contributed by atoms with Crippen LogP contribution in [-0.2, 0) is 9.53 Å². The summed E-state index contributed by atoms with van der Waals surface area (Å²) in [6.07, 6.45) is 23.0. The first-order valence-electron chi connectivity index (χ1n) is 12.0. The van der Waals surface area contributed by atoms with Crippen LogP contribution in [0.4, 0.5) is 0 Å². The van der Waals surface area contributed by atoms with Gasteiger partial charge in [-0.2, -0.15) is 0 Å². The molecular weight excluding hydrogens is 336 g/mol. The van der Waals surface area contributed by atoms with Crippen molar-refractivity contribution in [3.8, 4) is 0 Å². The third kappa shape index (κ3) is 21.6. The van der Waals surface area contributed by atoms with Crippen molar-refractivity contribution in [2.24, 2.45) is 0 Å². The number of carboxylic acid groups (broad SMARTS) is 1. The Bertz CT molecular complexity index is 282. The summed E-state index contributed by atoms with van der Waals surface area (Å²) < 4.78 is 5.89. The Hall–Kier alpha value is -0.570. The maximum Gasteiger partial charge on any atom is 0.305 e. The predicted molar refractivity (Wildman–Crippen MR) is 116 cm³/mol. The molecule has 0 aliphatic heterocycles. The van der Waals surface area contributed by atoms with E-state index in [0.29, 0.717) is 0 Å². The molecule has 3 nitrogen and oxygen atoms in total. The maximum atomic E-state index is 11.1. The van der Waals surface area contributed by atoms with Crippen molar-refractivity contribution >= 4 is 5.97 Å². The molecule has 0 spiro atoms. The standard InChI is InChI=1S/C24H48O3/c1-3-5-7-9-11-13-14-16-18-20-23(22-24(25)26)27-21-19-17-15-12-10-8-6-4-2/h23H,3-22H2,1-2H3,(H,25,26)/t23-/m1/s1. The summed E-state index contributed by atoms with van der Waals surface area (Å²) in [4.78, 5) is 11.1. The van der Waals surface area contributed by atoms with Gasteiger partial charge in [-0.25, -0.2) is 0 Å². The van der Waals surface area contributed by atoms with Gasteiger partial charge in [-0.05, 0) is 12.8 Å². The topological polar surface area (TPSA) is 46.5 Å². The van der Waals surface area contributed by atoms with E-state index in [-0.39, 0.29) is 12.5 Å². The van der Waals surface area contributed by atoms with Crippen LogP contribution < -0.4 is 0 Å². The Morgan fingerprint density at radius 3 is 1.52 bits per heavy atom. The molecule has 0 rings (SSSR count). The zero-order valence-corrected chi connectivity index (χ0v) is 18.5. The van der Waals surface area contributed by atoms with Crippen molar-refractivity contribution in [1.29, 1.82) is 0 Å². The maximum absolute atomic E-state index is 11.1. The van der Waals surface area contributed by atoms with Gasteiger partial charge < -0.3 is 9.84 Å². The summed E-state index contributed by atoms with van der Waals surface area (Å²) in [5, 5.41) is 9.09. The van der Waals surface area contributed by atoms with Crippen LogP contribution in [0.15, 0.2) is 0 Å². The van der Waals surface area contributed by atoms with E-state index in [0.717, 1.165) is 25.9 Å². The molecule has 0 heterocycles. The Morgan fingerprint density at radius 1 is 0.667 bits per heavy atom. The van der Waals surface area contributed by atoms with Crippen LogP contribution >= 0.6 is 0 Å². The Kier molecular flexibility index (Phi) is 21.3. The first kappa shape index (κ1) is 26.4. The van der Waals surface area contributed by atoms with Crippen molar-refractivity contribution in [2.75, 3.05) is 6.61 Å². The second kappa shape index (κ2) is 21.7. The molecule has 0 saturated carbocycles. The SMILES string of the molecule is CCCCCCCCCCC[C@H](CC(=O)O)OCCCCCCCCCC. The van der Waals surface area contributed by atoms with Gasteiger partial charge in [0.05, 0.1) is 12.5 Å². The molecule has 0 aliphatic rings. The van der Waals surface area contributed by atoms with Crippen molar-refractivity contribution in [3.63, 3.8) is 0 Å². The quantitative estimate of drug-likeness (QED) is 0.193. The number of rotatable bonds is 22. The largest absolute Gasteiger partial charge is 0.481 e. The number of ether oxygens (including phenoxy) is 1. The predicted octanol–water partition coefficient (Wildman–Crippen LogP) is 7.91. The van der Waals surface area contributed by atoms with E-state index >= 15 is 0 Å². The number of carboxylic acids is 1. The molecule has 162 valence electrons. The van der Waals surface area contributed by atoms with Gasteiger partial charge in [0.2, 0.25) is 0 Å². The molecule has 0 bridgehead atoms. The lowest BCUT2D eigenvalue weighted by Gasteiger charge is -2.16. The van der Waals surface area contributed by atoms with E-state index in [1.54, 1.807) is 0 Å². The molecular formula is C24H48O3. The van der Waals surface area contributed by atoms with Crippen LogP contribution in [0.25, 0.3) is 0 Å². The summed E-state index contributed by atoms with van der Waals surface area (Å²) in [7, 11) is 0. The number of unbranched alkanes of at least 4 members (excludes halogenated alkanes) is 15. The number of hydrogen-bond donors (Lipinski definition) is 1. The molecule has 0 unspecified atom stereocenters. The third-order valence-corrected chi connectivity index (χ3v) is 5.38. The van der Waals surface area contributed by atoms with Gasteiger partial charge in [0.15, 0.2) is 0 Å². The fourth-order valence-corrected chi connectivity index (χ4v) is 3.61. The van der Waals surface area contributed by atoms with Crippen LogP contribution in [0.1, 0.15) is 136 Å². The lowest BCUT2D eigenvalue weighted by atomic mass is 10.0. The van der Waals surface area contributed by atoms with Crippen LogP contribution in [0, 0.1) is 0 Å². The second-order valence-corrected chi connectivity index (χ2v) is 8.18. The Labute approximate surface area is 169 Å². The molecule has 0 aliphatic carbocycles. The highest BCUT2D eigenvalue weighted by Crippen LogP contribution is 2.15. The van der Waals surface area contributed by atoms with E-state index in [2.05, 4.69) is 13.8 Å². The zero-order chi connectivity index (χ0) is 20.0. The van der Waals surface area contributed by atoms with E-state index in [1.165, 1.54) is 96.3 Å². The minimum Gasteiger partial charge on any atom is -0.481 e. The lowest BCUT2D eigenvalue weighted by Crippen LogP contribution is -2.18. The van der Waals surface area contributed by atoms with Crippen molar-refractivity contribution < 1.29 is 14.6 Å². The molecule has 1 N–H and O–H groups in total. The highest BCUT2D eigenvalue weighted by Gasteiger charge is 2.13. The number of hydrogen-bond acceptors (Lipinski definition) is 2. The van der Waals surface area contributed by atoms with Gasteiger partial charge in [0, 0.05) is 6.61 Å². The van der Waals surface area contributed by atoms with Gasteiger partial charge in [0.1, 0.15) is 0 Å². The molecule has 0 aromatic carbocycles. The van der Waals surface area contributed by atoms with Crippen molar-refractivity contribution in [1.82, 2.24) is 0 Å². The monoisotopic (exact) mass is 384 g/mol. The van der Waals surface area contributed by atoms with E-state index in [9.17, 15) is 4.79 Å². The molecule has 0 aromatic heterocycles.